The van der Waals surface area contributed by atoms with Crippen LogP contribution in [0.3, 0.4) is 0 Å². The van der Waals surface area contributed by atoms with Gasteiger partial charge in [0.2, 0.25) is 5.75 Å². The molecule has 78 valence electrons. The van der Waals surface area contributed by atoms with Gasteiger partial charge < -0.3 is 9.17 Å². The molecule has 0 spiro atoms. The van der Waals surface area contributed by atoms with Crippen LogP contribution >= 0.6 is 0 Å². The van der Waals surface area contributed by atoms with Crippen molar-refractivity contribution < 1.29 is 17.2 Å². The first-order valence-corrected chi connectivity index (χ1v) is 4.66. The van der Waals surface area contributed by atoms with E-state index in [9.17, 15) is 18.0 Å². The van der Waals surface area contributed by atoms with Crippen molar-refractivity contribution in [3.05, 3.63) is 26.5 Å². The summed E-state index contributed by atoms with van der Waals surface area (Å²) in [5, 5.41) is 0. The average Bonchev–Trinajstić information content (AvgIpc) is 1.95. The van der Waals surface area contributed by atoms with E-state index in [-0.39, 0.29) is 5.69 Å². The molecule has 0 aliphatic carbocycles. The van der Waals surface area contributed by atoms with E-state index in [2.05, 4.69) is 9.17 Å². The van der Waals surface area contributed by atoms with E-state index < -0.39 is 27.4 Å². The maximum absolute atomic E-state index is 11.0. The summed E-state index contributed by atoms with van der Waals surface area (Å²) >= 11 is 0. The molecule has 0 atom stereocenters. The van der Waals surface area contributed by atoms with Crippen molar-refractivity contribution in [2.24, 2.45) is 0 Å². The maximum Gasteiger partial charge on any atom is 0.446 e. The zero-order valence-corrected chi connectivity index (χ0v) is 7.71. The minimum Gasteiger partial charge on any atom is -0.354 e. The van der Waals surface area contributed by atoms with Crippen LogP contribution in [0.1, 0.15) is 5.69 Å². The third-order valence-corrected chi connectivity index (χ3v) is 1.64. The van der Waals surface area contributed by atoms with Crippen LogP contribution in [0.2, 0.25) is 0 Å². The molecule has 1 rings (SSSR count). The second-order valence-corrected chi connectivity index (χ2v) is 3.40. The lowest BCUT2D eigenvalue weighted by molar-refractivity contribution is 0.382. The molecule has 0 amide bonds. The van der Waals surface area contributed by atoms with Gasteiger partial charge in [0.05, 0.1) is 5.69 Å². The van der Waals surface area contributed by atoms with Gasteiger partial charge in [0, 0.05) is 0 Å². The van der Waals surface area contributed by atoms with Crippen LogP contribution < -0.4 is 15.4 Å². The molecule has 0 aliphatic heterocycles. The van der Waals surface area contributed by atoms with E-state index in [0.29, 0.717) is 0 Å². The van der Waals surface area contributed by atoms with Crippen LogP contribution in [0.15, 0.2) is 9.59 Å². The smallest absolute Gasteiger partial charge is 0.354 e. The predicted molar refractivity (Wildman–Crippen MR) is 44.6 cm³/mol. The second kappa shape index (κ2) is 3.27. The van der Waals surface area contributed by atoms with Gasteiger partial charge in [0.15, 0.2) is 0 Å². The lowest BCUT2D eigenvalue weighted by Crippen LogP contribution is -2.26. The molecular weight excluding hydrogens is 216 g/mol. The zero-order chi connectivity index (χ0) is 10.9. The molecule has 0 bridgehead atoms. The number of hydrogen-bond donors (Lipinski definition) is 3. The Morgan fingerprint density at radius 1 is 1.29 bits per heavy atom. The molecule has 0 radical (unpaired) electrons. The van der Waals surface area contributed by atoms with E-state index in [1.807, 2.05) is 0 Å². The van der Waals surface area contributed by atoms with Crippen LogP contribution in [0.5, 0.6) is 5.75 Å². The first-order chi connectivity index (χ1) is 6.29. The molecule has 9 heteroatoms. The number of rotatable bonds is 2. The van der Waals surface area contributed by atoms with Crippen molar-refractivity contribution >= 4 is 10.4 Å². The van der Waals surface area contributed by atoms with Gasteiger partial charge in [0.25, 0.3) is 5.56 Å². The highest BCUT2D eigenvalue weighted by Crippen LogP contribution is 2.07. The van der Waals surface area contributed by atoms with Crippen molar-refractivity contribution in [3.63, 3.8) is 0 Å². The molecule has 0 aliphatic rings. The van der Waals surface area contributed by atoms with Gasteiger partial charge in [-0.05, 0) is 6.92 Å². The van der Waals surface area contributed by atoms with Gasteiger partial charge in [-0.3, -0.25) is 14.3 Å². The van der Waals surface area contributed by atoms with Crippen molar-refractivity contribution in [2.75, 3.05) is 0 Å². The van der Waals surface area contributed by atoms with Crippen LogP contribution in [-0.4, -0.2) is 22.9 Å². The summed E-state index contributed by atoms with van der Waals surface area (Å²) < 4.78 is 32.8. The highest BCUT2D eigenvalue weighted by Gasteiger charge is 2.14. The molecule has 14 heavy (non-hydrogen) atoms. The van der Waals surface area contributed by atoms with E-state index in [1.54, 1.807) is 4.98 Å². The van der Waals surface area contributed by atoms with Crippen molar-refractivity contribution in [1.82, 2.24) is 9.97 Å². The molecule has 0 aromatic carbocycles. The Kier molecular flexibility index (Phi) is 2.45. The first-order valence-electron chi connectivity index (χ1n) is 3.29. The van der Waals surface area contributed by atoms with Crippen LogP contribution in [0.4, 0.5) is 0 Å². The average molecular weight is 222 g/mol. The Hall–Kier alpha value is -1.61. The largest absolute Gasteiger partial charge is 0.446 e. The third kappa shape index (κ3) is 2.44. The van der Waals surface area contributed by atoms with Gasteiger partial charge in [-0.25, -0.2) is 4.79 Å². The molecule has 0 unspecified atom stereocenters. The standard InChI is InChI=1S/C5H6N2O6S/c1-2-3(13-14(10,11)12)4(8)7-5(9)6-2/h1H3,(H,10,11,12)(H2,6,7,8,9). The maximum atomic E-state index is 11.0. The second-order valence-electron chi connectivity index (χ2n) is 2.37. The molecule has 0 saturated heterocycles. The van der Waals surface area contributed by atoms with Crippen molar-refractivity contribution in [3.8, 4) is 5.75 Å². The highest BCUT2D eigenvalue weighted by atomic mass is 32.3. The van der Waals surface area contributed by atoms with Crippen molar-refractivity contribution in [2.45, 2.75) is 6.92 Å². The Labute approximate surface area is 77.5 Å². The summed E-state index contributed by atoms with van der Waals surface area (Å²) in [4.78, 5) is 25.4. The minimum absolute atomic E-state index is 0.101. The molecule has 8 nitrogen and oxygen atoms in total. The van der Waals surface area contributed by atoms with Crippen molar-refractivity contribution in [1.29, 1.82) is 0 Å². The van der Waals surface area contributed by atoms with Crippen LogP contribution in [0.25, 0.3) is 0 Å². The quantitative estimate of drug-likeness (QED) is 0.525. The molecule has 0 fully saturated rings. The van der Waals surface area contributed by atoms with Gasteiger partial charge in [0.1, 0.15) is 0 Å². The molecule has 1 heterocycles. The monoisotopic (exact) mass is 222 g/mol. The van der Waals surface area contributed by atoms with Gasteiger partial charge in [-0.15, -0.1) is 0 Å². The normalized spacial score (nSPS) is 11.3. The van der Waals surface area contributed by atoms with Crippen LogP contribution in [0, 0.1) is 6.92 Å². The summed E-state index contributed by atoms with van der Waals surface area (Å²) in [7, 11) is -4.78. The lowest BCUT2D eigenvalue weighted by atomic mass is 10.4. The third-order valence-electron chi connectivity index (χ3n) is 1.26. The Morgan fingerprint density at radius 2 is 1.86 bits per heavy atom. The Morgan fingerprint density at radius 3 is 2.29 bits per heavy atom. The van der Waals surface area contributed by atoms with Crippen LogP contribution in [-0.2, 0) is 10.4 Å². The van der Waals surface area contributed by atoms with E-state index >= 15 is 0 Å². The number of hydrogen-bond acceptors (Lipinski definition) is 5. The summed E-state index contributed by atoms with van der Waals surface area (Å²) in [6, 6.07) is 0. The fraction of sp³-hybridized carbons (Fsp3) is 0.200. The minimum atomic E-state index is -4.78. The number of nitrogens with one attached hydrogen (secondary N) is 2. The van der Waals surface area contributed by atoms with Gasteiger partial charge in [-0.1, -0.05) is 0 Å². The first kappa shape index (κ1) is 10.5. The molecule has 1 aromatic heterocycles. The number of H-pyrrole nitrogens is 2. The van der Waals surface area contributed by atoms with E-state index in [0.717, 1.165) is 0 Å². The summed E-state index contributed by atoms with van der Waals surface area (Å²) in [6.45, 7) is 1.25. The fourth-order valence-electron chi connectivity index (χ4n) is 0.794. The highest BCUT2D eigenvalue weighted by molar-refractivity contribution is 7.81. The Bertz CT molecular complexity index is 552. The Balaban J connectivity index is 3.37. The molecule has 0 saturated carbocycles. The zero-order valence-electron chi connectivity index (χ0n) is 6.90. The molecule has 3 N–H and O–H groups in total. The number of aromatic amines is 2. The lowest BCUT2D eigenvalue weighted by Gasteiger charge is -2.01. The molecule has 1 aromatic rings. The number of aromatic nitrogens is 2. The molecular formula is C5H6N2O6S. The summed E-state index contributed by atoms with van der Waals surface area (Å²) in [5.41, 5.74) is -1.93. The predicted octanol–water partition coefficient (Wildman–Crippen LogP) is -1.45. The number of aryl methyl sites for hydroxylation is 1. The topological polar surface area (TPSA) is 129 Å². The van der Waals surface area contributed by atoms with E-state index in [4.69, 9.17) is 4.55 Å². The van der Waals surface area contributed by atoms with Gasteiger partial charge in [-0.2, -0.15) is 8.42 Å². The fourth-order valence-corrected chi connectivity index (χ4v) is 1.21. The summed E-state index contributed by atoms with van der Waals surface area (Å²) in [6.07, 6.45) is 0. The SMILES string of the molecule is Cc1[nH]c(=O)[nH]c(=O)c1OS(=O)(=O)O. The summed E-state index contributed by atoms with van der Waals surface area (Å²) in [5.74, 6) is -0.674. The van der Waals surface area contributed by atoms with E-state index in [1.165, 1.54) is 6.92 Å². The van der Waals surface area contributed by atoms with Gasteiger partial charge >= 0.3 is 16.1 Å².